The molecule has 1 saturated heterocycles. The second kappa shape index (κ2) is 5.04. The second-order valence-corrected chi connectivity index (χ2v) is 6.53. The van der Waals surface area contributed by atoms with Crippen LogP contribution in [0.2, 0.25) is 0 Å². The van der Waals surface area contributed by atoms with E-state index in [9.17, 15) is 0 Å². The summed E-state index contributed by atoms with van der Waals surface area (Å²) in [6.07, 6.45) is 6.22. The summed E-state index contributed by atoms with van der Waals surface area (Å²) in [7, 11) is 0. The number of aromatic nitrogens is 1. The van der Waals surface area contributed by atoms with E-state index in [0.717, 1.165) is 25.6 Å². The number of piperazine rings is 1. The number of nitrogens with one attached hydrogen (secondary N) is 1. The van der Waals surface area contributed by atoms with Crippen LogP contribution in [0.3, 0.4) is 0 Å². The van der Waals surface area contributed by atoms with Gasteiger partial charge >= 0.3 is 0 Å². The third kappa shape index (κ3) is 2.69. The lowest BCUT2D eigenvalue weighted by molar-refractivity contribution is 0.201. The fraction of sp³-hybridized carbons (Fsp3) is 0.769. The summed E-state index contributed by atoms with van der Waals surface area (Å²) in [6.45, 7) is 6.81. The molecule has 1 saturated carbocycles. The van der Waals surface area contributed by atoms with Crippen LogP contribution in [0.15, 0.2) is 6.20 Å². The molecule has 1 aromatic rings. The molecule has 2 heterocycles. The maximum atomic E-state index is 4.60. The normalized spacial score (nSPS) is 27.0. The maximum absolute atomic E-state index is 4.60. The topological polar surface area (TPSA) is 28.2 Å². The molecule has 2 aliphatic rings. The Morgan fingerprint density at radius 2 is 2.41 bits per heavy atom. The van der Waals surface area contributed by atoms with Gasteiger partial charge in [0.15, 0.2) is 0 Å². The van der Waals surface area contributed by atoms with Crippen LogP contribution in [-0.4, -0.2) is 35.6 Å². The molecule has 0 spiro atoms. The minimum Gasteiger partial charge on any atom is -0.312 e. The van der Waals surface area contributed by atoms with E-state index in [4.69, 9.17) is 0 Å². The number of hydrogen-bond donors (Lipinski definition) is 1. The van der Waals surface area contributed by atoms with E-state index in [1.807, 2.05) is 11.3 Å². The van der Waals surface area contributed by atoms with Crippen molar-refractivity contribution < 1.29 is 0 Å². The molecule has 1 aromatic heterocycles. The van der Waals surface area contributed by atoms with Crippen LogP contribution in [0.1, 0.15) is 42.0 Å². The Kier molecular flexibility index (Phi) is 3.45. The lowest BCUT2D eigenvalue weighted by Gasteiger charge is -2.31. The summed E-state index contributed by atoms with van der Waals surface area (Å²) in [4.78, 5) is 8.59. The Bertz CT molecular complexity index is 372. The molecule has 1 atom stereocenters. The van der Waals surface area contributed by atoms with E-state index in [0.29, 0.717) is 6.04 Å². The zero-order valence-electron chi connectivity index (χ0n) is 10.5. The fourth-order valence-electron chi connectivity index (χ4n) is 2.62. The number of rotatable bonds is 3. The monoisotopic (exact) mass is 251 g/mol. The van der Waals surface area contributed by atoms with Gasteiger partial charge in [-0.15, -0.1) is 11.3 Å². The van der Waals surface area contributed by atoms with Crippen LogP contribution < -0.4 is 5.32 Å². The Hall–Kier alpha value is -0.450. The van der Waals surface area contributed by atoms with Gasteiger partial charge in [-0.3, -0.25) is 4.90 Å². The standard InChI is InChI=1S/C13H21N3S/c1-10-8-16(6-5-14-10)9-12-7-15-13(17-12)11-3-2-4-11/h7,10-11,14H,2-6,8-9H2,1H3. The molecule has 1 N–H and O–H groups in total. The van der Waals surface area contributed by atoms with Gasteiger partial charge in [0.05, 0.1) is 5.01 Å². The quantitative estimate of drug-likeness (QED) is 0.892. The molecule has 3 nitrogen and oxygen atoms in total. The fourth-order valence-corrected chi connectivity index (χ4v) is 3.74. The number of nitrogens with zero attached hydrogens (tertiary/aromatic N) is 2. The Labute approximate surface area is 107 Å². The Balaban J connectivity index is 1.58. The van der Waals surface area contributed by atoms with E-state index >= 15 is 0 Å². The van der Waals surface area contributed by atoms with Gasteiger partial charge in [-0.1, -0.05) is 6.42 Å². The molecular formula is C13H21N3S. The van der Waals surface area contributed by atoms with Crippen molar-refractivity contribution in [3.63, 3.8) is 0 Å². The van der Waals surface area contributed by atoms with Crippen LogP contribution in [0.4, 0.5) is 0 Å². The molecule has 0 bridgehead atoms. The maximum Gasteiger partial charge on any atom is 0.0959 e. The Morgan fingerprint density at radius 3 is 3.12 bits per heavy atom. The third-order valence-corrected chi connectivity index (χ3v) is 5.00. The summed E-state index contributed by atoms with van der Waals surface area (Å²) in [5, 5.41) is 4.87. The van der Waals surface area contributed by atoms with Crippen molar-refractivity contribution in [2.45, 2.75) is 44.7 Å². The first-order chi connectivity index (χ1) is 8.31. The molecule has 1 aliphatic carbocycles. The predicted octanol–water partition coefficient (Wildman–Crippen LogP) is 2.20. The molecule has 0 radical (unpaired) electrons. The van der Waals surface area contributed by atoms with Crippen molar-refractivity contribution in [3.8, 4) is 0 Å². The van der Waals surface area contributed by atoms with E-state index in [1.54, 1.807) is 0 Å². The van der Waals surface area contributed by atoms with Crippen molar-refractivity contribution in [2.75, 3.05) is 19.6 Å². The first-order valence-corrected chi connectivity index (χ1v) is 7.53. The van der Waals surface area contributed by atoms with Crippen molar-refractivity contribution in [1.82, 2.24) is 15.2 Å². The molecule has 1 aliphatic heterocycles. The van der Waals surface area contributed by atoms with E-state index in [-0.39, 0.29) is 0 Å². The summed E-state index contributed by atoms with van der Waals surface area (Å²) >= 11 is 1.94. The first kappa shape index (κ1) is 11.6. The van der Waals surface area contributed by atoms with Gasteiger partial charge in [-0.25, -0.2) is 4.98 Å². The lowest BCUT2D eigenvalue weighted by Crippen LogP contribution is -2.48. The largest absolute Gasteiger partial charge is 0.312 e. The highest BCUT2D eigenvalue weighted by Crippen LogP contribution is 2.38. The summed E-state index contributed by atoms with van der Waals surface area (Å²) < 4.78 is 0. The predicted molar refractivity (Wildman–Crippen MR) is 71.4 cm³/mol. The van der Waals surface area contributed by atoms with Gasteiger partial charge in [-0.2, -0.15) is 0 Å². The summed E-state index contributed by atoms with van der Waals surface area (Å²) in [5.41, 5.74) is 0. The smallest absolute Gasteiger partial charge is 0.0959 e. The van der Waals surface area contributed by atoms with Crippen LogP contribution >= 0.6 is 11.3 Å². The van der Waals surface area contributed by atoms with Crippen molar-refractivity contribution >= 4 is 11.3 Å². The highest BCUT2D eigenvalue weighted by molar-refractivity contribution is 7.11. The molecule has 0 amide bonds. The minimum atomic E-state index is 0.628. The van der Waals surface area contributed by atoms with Crippen LogP contribution in [-0.2, 0) is 6.54 Å². The minimum absolute atomic E-state index is 0.628. The van der Waals surface area contributed by atoms with Crippen molar-refractivity contribution in [1.29, 1.82) is 0 Å². The zero-order chi connectivity index (χ0) is 11.7. The summed E-state index contributed by atoms with van der Waals surface area (Å²) in [5.74, 6) is 0.788. The van der Waals surface area contributed by atoms with Gasteiger partial charge in [0.2, 0.25) is 0 Å². The van der Waals surface area contributed by atoms with Crippen LogP contribution in [0.25, 0.3) is 0 Å². The molecule has 1 unspecified atom stereocenters. The highest BCUT2D eigenvalue weighted by Gasteiger charge is 2.23. The van der Waals surface area contributed by atoms with Gasteiger partial charge in [0.25, 0.3) is 0 Å². The van der Waals surface area contributed by atoms with E-state index in [2.05, 4.69) is 28.3 Å². The average Bonchev–Trinajstić information content (AvgIpc) is 2.63. The molecule has 0 aromatic carbocycles. The molecule has 17 heavy (non-hydrogen) atoms. The van der Waals surface area contributed by atoms with E-state index in [1.165, 1.54) is 35.7 Å². The molecule has 3 rings (SSSR count). The molecule has 2 fully saturated rings. The third-order valence-electron chi connectivity index (χ3n) is 3.86. The second-order valence-electron chi connectivity index (χ2n) is 5.38. The lowest BCUT2D eigenvalue weighted by atomic mass is 9.86. The van der Waals surface area contributed by atoms with Gasteiger partial charge in [0, 0.05) is 49.2 Å². The SMILES string of the molecule is CC1CN(Cc2cnc(C3CCC3)s2)CCN1. The zero-order valence-corrected chi connectivity index (χ0v) is 11.3. The molecule has 94 valence electrons. The average molecular weight is 251 g/mol. The molecule has 4 heteroatoms. The first-order valence-electron chi connectivity index (χ1n) is 6.71. The van der Waals surface area contributed by atoms with Crippen molar-refractivity contribution in [2.24, 2.45) is 0 Å². The van der Waals surface area contributed by atoms with Gasteiger partial charge in [0.1, 0.15) is 0 Å². The van der Waals surface area contributed by atoms with Gasteiger partial charge in [-0.05, 0) is 19.8 Å². The Morgan fingerprint density at radius 1 is 1.53 bits per heavy atom. The van der Waals surface area contributed by atoms with Gasteiger partial charge < -0.3 is 5.32 Å². The molecular weight excluding hydrogens is 230 g/mol. The van der Waals surface area contributed by atoms with Crippen LogP contribution in [0.5, 0.6) is 0 Å². The highest BCUT2D eigenvalue weighted by atomic mass is 32.1. The number of thiazole rings is 1. The number of hydrogen-bond acceptors (Lipinski definition) is 4. The van der Waals surface area contributed by atoms with E-state index < -0.39 is 0 Å². The summed E-state index contributed by atoms with van der Waals surface area (Å²) in [6, 6.07) is 0.628. The van der Waals surface area contributed by atoms with Crippen LogP contribution in [0, 0.1) is 0 Å². The van der Waals surface area contributed by atoms with Crippen molar-refractivity contribution in [3.05, 3.63) is 16.1 Å².